The summed E-state index contributed by atoms with van der Waals surface area (Å²) in [6.45, 7) is 0.764. The van der Waals surface area contributed by atoms with Crippen LogP contribution in [0.1, 0.15) is 12.5 Å². The number of benzene rings is 2. The highest BCUT2D eigenvalue weighted by atomic mass is 32.1. The van der Waals surface area contributed by atoms with Gasteiger partial charge < -0.3 is 15.4 Å². The number of carbonyl (C=O) groups is 3. The molecule has 3 rings (SSSR count). The van der Waals surface area contributed by atoms with Crippen LogP contribution in [0.2, 0.25) is 0 Å². The number of aromatic nitrogens is 2. The van der Waals surface area contributed by atoms with E-state index in [1.165, 1.54) is 13.0 Å². The van der Waals surface area contributed by atoms with E-state index in [0.29, 0.717) is 22.3 Å². The van der Waals surface area contributed by atoms with E-state index in [9.17, 15) is 14.4 Å². The summed E-state index contributed by atoms with van der Waals surface area (Å²) in [7, 11) is 0. The molecule has 0 radical (unpaired) electrons. The lowest BCUT2D eigenvalue weighted by Crippen LogP contribution is -2.28. The fraction of sp³-hybridized carbons (Fsp3) is 0.105. The standard InChI is InChI=1S/C19H16N4O4S/c1-12(24)20-16(10-13-6-3-2-4-7-13)19(26)27-11-17(25)21-14-8-5-9-15-18(14)23-28-22-15/h2-10H,11H2,1H3,(H,20,24)(H,21,25). The molecule has 0 aliphatic carbocycles. The molecule has 0 fully saturated rings. The lowest BCUT2D eigenvalue weighted by molar-refractivity contribution is -0.144. The molecule has 1 heterocycles. The zero-order valence-corrected chi connectivity index (χ0v) is 15.7. The summed E-state index contributed by atoms with van der Waals surface area (Å²) >= 11 is 1.04. The second kappa shape index (κ2) is 8.87. The van der Waals surface area contributed by atoms with Gasteiger partial charge in [-0.1, -0.05) is 36.4 Å². The molecule has 28 heavy (non-hydrogen) atoms. The number of amides is 2. The van der Waals surface area contributed by atoms with Crippen molar-refractivity contribution in [1.29, 1.82) is 0 Å². The molecule has 142 valence electrons. The van der Waals surface area contributed by atoms with Crippen molar-refractivity contribution in [3.63, 3.8) is 0 Å². The van der Waals surface area contributed by atoms with Crippen LogP contribution in [0.25, 0.3) is 17.1 Å². The Morgan fingerprint density at radius 3 is 2.61 bits per heavy atom. The van der Waals surface area contributed by atoms with Gasteiger partial charge in [-0.2, -0.15) is 8.75 Å². The summed E-state index contributed by atoms with van der Waals surface area (Å²) in [4.78, 5) is 35.8. The van der Waals surface area contributed by atoms with Crippen molar-refractivity contribution in [3.05, 3.63) is 59.8 Å². The Morgan fingerprint density at radius 2 is 1.86 bits per heavy atom. The van der Waals surface area contributed by atoms with Gasteiger partial charge in [-0.15, -0.1) is 0 Å². The van der Waals surface area contributed by atoms with Gasteiger partial charge in [0.1, 0.15) is 16.7 Å². The van der Waals surface area contributed by atoms with Crippen LogP contribution in [0.3, 0.4) is 0 Å². The molecule has 8 nitrogen and oxygen atoms in total. The molecule has 0 spiro atoms. The minimum absolute atomic E-state index is 0.0581. The van der Waals surface area contributed by atoms with Gasteiger partial charge in [0.05, 0.1) is 17.4 Å². The molecular weight excluding hydrogens is 380 g/mol. The summed E-state index contributed by atoms with van der Waals surface area (Å²) in [6, 6.07) is 14.2. The molecular formula is C19H16N4O4S. The molecule has 1 aromatic heterocycles. The van der Waals surface area contributed by atoms with Crippen molar-refractivity contribution in [2.45, 2.75) is 6.92 Å². The quantitative estimate of drug-likeness (QED) is 0.489. The fourth-order valence-corrected chi connectivity index (χ4v) is 2.90. The summed E-state index contributed by atoms with van der Waals surface area (Å²) in [6.07, 6.45) is 1.48. The molecule has 0 bridgehead atoms. The van der Waals surface area contributed by atoms with Gasteiger partial charge in [0.25, 0.3) is 5.91 Å². The zero-order chi connectivity index (χ0) is 19.9. The van der Waals surface area contributed by atoms with Crippen molar-refractivity contribution < 1.29 is 19.1 Å². The van der Waals surface area contributed by atoms with Crippen molar-refractivity contribution in [1.82, 2.24) is 14.1 Å². The van der Waals surface area contributed by atoms with Crippen LogP contribution in [0.15, 0.2) is 54.2 Å². The van der Waals surface area contributed by atoms with Crippen LogP contribution >= 0.6 is 11.7 Å². The first-order valence-electron chi connectivity index (χ1n) is 8.25. The molecule has 3 aromatic rings. The number of hydrogen-bond donors (Lipinski definition) is 2. The number of rotatable bonds is 6. The predicted molar refractivity (Wildman–Crippen MR) is 105 cm³/mol. The normalized spacial score (nSPS) is 11.1. The highest BCUT2D eigenvalue weighted by molar-refractivity contribution is 7.00. The molecule has 2 N–H and O–H groups in total. The van der Waals surface area contributed by atoms with E-state index < -0.39 is 24.4 Å². The lowest BCUT2D eigenvalue weighted by atomic mass is 10.2. The number of carbonyl (C=O) groups excluding carboxylic acids is 3. The summed E-state index contributed by atoms with van der Waals surface area (Å²) < 4.78 is 13.3. The Bertz CT molecular complexity index is 1050. The topological polar surface area (TPSA) is 110 Å². The predicted octanol–water partition coefficient (Wildman–Crippen LogP) is 2.35. The number of nitrogens with zero attached hydrogens (tertiary/aromatic N) is 2. The Hall–Kier alpha value is -3.59. The number of hydrogen-bond acceptors (Lipinski definition) is 7. The Kier molecular flexibility index (Phi) is 6.07. The van der Waals surface area contributed by atoms with Crippen molar-refractivity contribution in [2.75, 3.05) is 11.9 Å². The highest BCUT2D eigenvalue weighted by Gasteiger charge is 2.16. The van der Waals surface area contributed by atoms with Crippen molar-refractivity contribution in [3.8, 4) is 0 Å². The van der Waals surface area contributed by atoms with E-state index in [0.717, 1.165) is 11.7 Å². The average molecular weight is 396 g/mol. The Labute approximate surface area is 164 Å². The molecule has 2 amide bonds. The fourth-order valence-electron chi connectivity index (χ4n) is 2.35. The lowest BCUT2D eigenvalue weighted by Gasteiger charge is -2.10. The summed E-state index contributed by atoms with van der Waals surface area (Å²) in [5.74, 6) is -1.77. The molecule has 0 aliphatic heterocycles. The first-order chi connectivity index (χ1) is 13.5. The molecule has 0 atom stereocenters. The van der Waals surface area contributed by atoms with Gasteiger partial charge in [0.15, 0.2) is 6.61 Å². The van der Waals surface area contributed by atoms with Crippen LogP contribution in [-0.2, 0) is 19.1 Å². The van der Waals surface area contributed by atoms with Crippen molar-refractivity contribution in [2.24, 2.45) is 0 Å². The molecule has 0 unspecified atom stereocenters. The van der Waals surface area contributed by atoms with Gasteiger partial charge in [-0.3, -0.25) is 9.59 Å². The first-order valence-corrected chi connectivity index (χ1v) is 8.98. The third kappa shape index (κ3) is 4.98. The molecule has 9 heteroatoms. The smallest absolute Gasteiger partial charge is 0.355 e. The maximum Gasteiger partial charge on any atom is 0.355 e. The van der Waals surface area contributed by atoms with Crippen LogP contribution in [0, 0.1) is 0 Å². The number of esters is 1. The van der Waals surface area contributed by atoms with E-state index in [4.69, 9.17) is 4.74 Å². The van der Waals surface area contributed by atoms with Gasteiger partial charge >= 0.3 is 5.97 Å². The molecule has 0 saturated carbocycles. The Balaban J connectivity index is 1.65. The average Bonchev–Trinajstić information content (AvgIpc) is 3.16. The molecule has 0 aliphatic rings. The molecule has 2 aromatic carbocycles. The number of nitrogens with one attached hydrogen (secondary N) is 2. The van der Waals surface area contributed by atoms with E-state index in [1.54, 1.807) is 42.5 Å². The van der Waals surface area contributed by atoms with Crippen molar-refractivity contribution >= 4 is 52.3 Å². The summed E-state index contributed by atoms with van der Waals surface area (Å²) in [5, 5.41) is 5.06. The molecule has 0 saturated heterocycles. The van der Waals surface area contributed by atoms with Crippen LogP contribution in [0.5, 0.6) is 0 Å². The van der Waals surface area contributed by atoms with Gasteiger partial charge in [0, 0.05) is 6.92 Å². The third-order valence-electron chi connectivity index (χ3n) is 3.54. The van der Waals surface area contributed by atoms with Crippen LogP contribution in [0.4, 0.5) is 5.69 Å². The largest absolute Gasteiger partial charge is 0.451 e. The van der Waals surface area contributed by atoms with E-state index in [2.05, 4.69) is 19.4 Å². The van der Waals surface area contributed by atoms with E-state index in [-0.39, 0.29) is 5.70 Å². The van der Waals surface area contributed by atoms with Gasteiger partial charge in [-0.25, -0.2) is 4.79 Å². The second-order valence-corrected chi connectivity index (χ2v) is 6.24. The second-order valence-electron chi connectivity index (χ2n) is 5.71. The van der Waals surface area contributed by atoms with Crippen LogP contribution in [-0.4, -0.2) is 33.1 Å². The first kappa shape index (κ1) is 19.2. The SMILES string of the molecule is CC(=O)NC(=Cc1ccccc1)C(=O)OCC(=O)Nc1cccc2nsnc12. The number of fused-ring (bicyclic) bond motifs is 1. The summed E-state index contributed by atoms with van der Waals surface area (Å²) in [5.41, 5.74) is 2.36. The van der Waals surface area contributed by atoms with Gasteiger partial charge in [0.2, 0.25) is 5.91 Å². The highest BCUT2D eigenvalue weighted by Crippen LogP contribution is 2.20. The Morgan fingerprint density at radius 1 is 1.07 bits per heavy atom. The number of anilines is 1. The van der Waals surface area contributed by atoms with Gasteiger partial charge in [-0.05, 0) is 23.8 Å². The monoisotopic (exact) mass is 396 g/mol. The van der Waals surface area contributed by atoms with E-state index in [1.807, 2.05) is 6.07 Å². The maximum absolute atomic E-state index is 12.3. The number of ether oxygens (including phenoxy) is 1. The maximum atomic E-state index is 12.3. The third-order valence-corrected chi connectivity index (χ3v) is 4.08. The van der Waals surface area contributed by atoms with Crippen LogP contribution < -0.4 is 10.6 Å². The van der Waals surface area contributed by atoms with E-state index >= 15 is 0 Å². The minimum Gasteiger partial charge on any atom is -0.451 e. The minimum atomic E-state index is -0.817. The zero-order valence-electron chi connectivity index (χ0n) is 14.8.